The van der Waals surface area contributed by atoms with Gasteiger partial charge in [0.1, 0.15) is 12.4 Å². The lowest BCUT2D eigenvalue weighted by Gasteiger charge is -2.05. The quantitative estimate of drug-likeness (QED) is 0.562. The van der Waals surface area contributed by atoms with Crippen LogP contribution in [0.25, 0.3) is 0 Å². The van der Waals surface area contributed by atoms with Crippen molar-refractivity contribution in [1.29, 1.82) is 0 Å². The standard InChI is InChI=1S/C17H16ClNO/c1-3-10-20-17-9-6-14(11-16(17)18)12-19-15-7-4-13(2)5-8-15/h3-9,11-12H,1,10H2,2H3. The molecule has 0 atom stereocenters. The molecule has 0 aliphatic heterocycles. The van der Waals surface area contributed by atoms with Gasteiger partial charge >= 0.3 is 0 Å². The normalized spacial score (nSPS) is 10.7. The summed E-state index contributed by atoms with van der Waals surface area (Å²) < 4.78 is 5.42. The van der Waals surface area contributed by atoms with Crippen LogP contribution in [0.4, 0.5) is 5.69 Å². The molecular formula is C17H16ClNO. The highest BCUT2D eigenvalue weighted by molar-refractivity contribution is 6.32. The van der Waals surface area contributed by atoms with E-state index in [1.54, 1.807) is 12.3 Å². The average Bonchev–Trinajstić information content (AvgIpc) is 2.46. The fraction of sp³-hybridized carbons (Fsp3) is 0.118. The summed E-state index contributed by atoms with van der Waals surface area (Å²) in [5, 5.41) is 0.569. The SMILES string of the molecule is C=CCOc1ccc(C=Nc2ccc(C)cc2)cc1Cl. The van der Waals surface area contributed by atoms with Crippen molar-refractivity contribution in [2.24, 2.45) is 4.99 Å². The van der Waals surface area contributed by atoms with Crippen molar-refractivity contribution < 1.29 is 4.74 Å². The molecule has 2 aromatic carbocycles. The second-order valence-electron chi connectivity index (χ2n) is 4.38. The van der Waals surface area contributed by atoms with E-state index in [9.17, 15) is 0 Å². The van der Waals surface area contributed by atoms with Crippen molar-refractivity contribution in [3.8, 4) is 5.75 Å². The zero-order chi connectivity index (χ0) is 14.4. The Kier molecular flexibility index (Phi) is 4.97. The van der Waals surface area contributed by atoms with Crippen LogP contribution < -0.4 is 4.74 Å². The zero-order valence-corrected chi connectivity index (χ0v) is 12.1. The second kappa shape index (κ2) is 6.92. The lowest BCUT2D eigenvalue weighted by molar-refractivity contribution is 0.363. The minimum absolute atomic E-state index is 0.441. The van der Waals surface area contributed by atoms with E-state index >= 15 is 0 Å². The highest BCUT2D eigenvalue weighted by Gasteiger charge is 2.01. The summed E-state index contributed by atoms with van der Waals surface area (Å²) in [5.41, 5.74) is 3.07. The number of benzene rings is 2. The molecule has 2 aromatic rings. The van der Waals surface area contributed by atoms with Crippen LogP contribution in [-0.4, -0.2) is 12.8 Å². The molecule has 2 rings (SSSR count). The average molecular weight is 286 g/mol. The zero-order valence-electron chi connectivity index (χ0n) is 11.3. The Labute approximate surface area is 124 Å². The van der Waals surface area contributed by atoms with E-state index in [1.165, 1.54) is 5.56 Å². The summed E-state index contributed by atoms with van der Waals surface area (Å²) in [6.45, 7) is 6.09. The van der Waals surface area contributed by atoms with Crippen LogP contribution in [0, 0.1) is 6.92 Å². The molecule has 0 aliphatic rings. The molecule has 0 radical (unpaired) electrons. The molecule has 2 nitrogen and oxygen atoms in total. The predicted molar refractivity (Wildman–Crippen MR) is 85.6 cm³/mol. The van der Waals surface area contributed by atoms with E-state index in [4.69, 9.17) is 16.3 Å². The fourth-order valence-electron chi connectivity index (χ4n) is 1.64. The third-order valence-corrected chi connectivity index (χ3v) is 3.00. The molecule has 0 amide bonds. The van der Waals surface area contributed by atoms with Gasteiger partial charge in [0, 0.05) is 6.21 Å². The van der Waals surface area contributed by atoms with Gasteiger partial charge < -0.3 is 4.74 Å². The first-order valence-corrected chi connectivity index (χ1v) is 6.71. The van der Waals surface area contributed by atoms with Crippen molar-refractivity contribution in [1.82, 2.24) is 0 Å². The van der Waals surface area contributed by atoms with Gasteiger partial charge in [-0.2, -0.15) is 0 Å². The minimum atomic E-state index is 0.441. The van der Waals surface area contributed by atoms with Gasteiger partial charge in [0.15, 0.2) is 0 Å². The molecule has 0 fully saturated rings. The van der Waals surface area contributed by atoms with Crippen molar-refractivity contribution in [2.45, 2.75) is 6.92 Å². The number of rotatable bonds is 5. The number of halogens is 1. The molecule has 0 aromatic heterocycles. The van der Waals surface area contributed by atoms with Crippen LogP contribution in [-0.2, 0) is 0 Å². The molecule has 3 heteroatoms. The lowest BCUT2D eigenvalue weighted by Crippen LogP contribution is -1.94. The Morgan fingerprint density at radius 1 is 1.20 bits per heavy atom. The Morgan fingerprint density at radius 2 is 1.95 bits per heavy atom. The van der Waals surface area contributed by atoms with Gasteiger partial charge in [0.2, 0.25) is 0 Å². The summed E-state index contributed by atoms with van der Waals surface area (Å²) in [7, 11) is 0. The highest BCUT2D eigenvalue weighted by Crippen LogP contribution is 2.25. The molecular weight excluding hydrogens is 270 g/mol. The van der Waals surface area contributed by atoms with Crippen LogP contribution in [0.5, 0.6) is 5.75 Å². The van der Waals surface area contributed by atoms with Crippen LogP contribution in [0.1, 0.15) is 11.1 Å². The Hall–Kier alpha value is -2.06. The maximum Gasteiger partial charge on any atom is 0.138 e. The molecule has 0 saturated carbocycles. The molecule has 0 bridgehead atoms. The number of ether oxygens (including phenoxy) is 1. The summed E-state index contributed by atoms with van der Waals surface area (Å²) in [5.74, 6) is 0.652. The Bertz CT molecular complexity index is 617. The first kappa shape index (κ1) is 14.4. The number of hydrogen-bond donors (Lipinski definition) is 0. The lowest BCUT2D eigenvalue weighted by atomic mass is 10.2. The summed E-state index contributed by atoms with van der Waals surface area (Å²) >= 11 is 6.15. The predicted octanol–water partition coefficient (Wildman–Crippen LogP) is 4.96. The van der Waals surface area contributed by atoms with Crippen LogP contribution in [0.15, 0.2) is 60.1 Å². The Balaban J connectivity index is 2.11. The van der Waals surface area contributed by atoms with Gasteiger partial charge in [-0.3, -0.25) is 4.99 Å². The van der Waals surface area contributed by atoms with Crippen LogP contribution >= 0.6 is 11.6 Å². The number of nitrogens with zero attached hydrogens (tertiary/aromatic N) is 1. The topological polar surface area (TPSA) is 21.6 Å². The van der Waals surface area contributed by atoms with Gasteiger partial charge in [-0.05, 0) is 42.8 Å². The molecule has 0 unspecified atom stereocenters. The summed E-state index contributed by atoms with van der Waals surface area (Å²) in [6, 6.07) is 13.6. The van der Waals surface area contributed by atoms with Crippen LogP contribution in [0.3, 0.4) is 0 Å². The number of aliphatic imine (C=N–C) groups is 1. The van der Waals surface area contributed by atoms with Gasteiger partial charge in [-0.25, -0.2) is 0 Å². The van der Waals surface area contributed by atoms with E-state index in [0.717, 1.165) is 11.3 Å². The van der Waals surface area contributed by atoms with Gasteiger partial charge in [0.25, 0.3) is 0 Å². The fourth-order valence-corrected chi connectivity index (χ4v) is 1.89. The van der Waals surface area contributed by atoms with E-state index in [1.807, 2.05) is 42.5 Å². The molecule has 102 valence electrons. The molecule has 0 spiro atoms. The summed E-state index contributed by atoms with van der Waals surface area (Å²) in [4.78, 5) is 4.41. The van der Waals surface area contributed by atoms with E-state index in [0.29, 0.717) is 17.4 Å². The molecule has 20 heavy (non-hydrogen) atoms. The molecule has 0 aliphatic carbocycles. The Morgan fingerprint density at radius 3 is 2.60 bits per heavy atom. The van der Waals surface area contributed by atoms with Crippen molar-refractivity contribution in [3.63, 3.8) is 0 Å². The molecule has 0 saturated heterocycles. The van der Waals surface area contributed by atoms with E-state index in [-0.39, 0.29) is 0 Å². The molecule has 0 heterocycles. The van der Waals surface area contributed by atoms with Crippen LogP contribution in [0.2, 0.25) is 5.02 Å². The van der Waals surface area contributed by atoms with E-state index in [2.05, 4.69) is 18.5 Å². The highest BCUT2D eigenvalue weighted by atomic mass is 35.5. The third kappa shape index (κ3) is 3.97. The number of hydrogen-bond acceptors (Lipinski definition) is 2. The maximum absolute atomic E-state index is 6.15. The smallest absolute Gasteiger partial charge is 0.138 e. The largest absolute Gasteiger partial charge is 0.488 e. The van der Waals surface area contributed by atoms with Gasteiger partial charge in [-0.1, -0.05) is 42.0 Å². The molecule has 0 N–H and O–H groups in total. The minimum Gasteiger partial charge on any atom is -0.488 e. The second-order valence-corrected chi connectivity index (χ2v) is 4.79. The van der Waals surface area contributed by atoms with Crippen molar-refractivity contribution in [3.05, 3.63) is 71.3 Å². The monoisotopic (exact) mass is 285 g/mol. The van der Waals surface area contributed by atoms with Gasteiger partial charge in [-0.15, -0.1) is 0 Å². The first-order chi connectivity index (χ1) is 9.69. The maximum atomic E-state index is 6.15. The van der Waals surface area contributed by atoms with Crippen molar-refractivity contribution >= 4 is 23.5 Å². The third-order valence-electron chi connectivity index (χ3n) is 2.71. The van der Waals surface area contributed by atoms with Crippen molar-refractivity contribution in [2.75, 3.05) is 6.61 Å². The van der Waals surface area contributed by atoms with E-state index < -0.39 is 0 Å². The van der Waals surface area contributed by atoms with Gasteiger partial charge in [0.05, 0.1) is 10.7 Å². The summed E-state index contributed by atoms with van der Waals surface area (Å²) in [6.07, 6.45) is 3.47. The number of aryl methyl sites for hydroxylation is 1. The first-order valence-electron chi connectivity index (χ1n) is 6.33.